The molecule has 2 aromatic carbocycles. The normalized spacial score (nSPS) is 17.0. The molecule has 0 spiro atoms. The van der Waals surface area contributed by atoms with Crippen LogP contribution in [0, 0.1) is 11.2 Å². The molecular formula is C22H24F7N4O5P. The number of benzene rings is 2. The number of aliphatic hydroxyl groups is 1. The van der Waals surface area contributed by atoms with Crippen LogP contribution in [-0.4, -0.2) is 58.0 Å². The number of nitrogens with one attached hydrogen (secondary N) is 1. The average Bonchev–Trinajstić information content (AvgIpc) is 2.83. The lowest BCUT2D eigenvalue weighted by atomic mass is 10.0. The van der Waals surface area contributed by atoms with Crippen molar-refractivity contribution in [2.45, 2.75) is 25.0 Å². The topological polar surface area (TPSA) is 145 Å². The quantitative estimate of drug-likeness (QED) is 0.154. The van der Waals surface area contributed by atoms with Crippen LogP contribution in [0.2, 0.25) is 0 Å². The van der Waals surface area contributed by atoms with E-state index in [2.05, 4.69) is 9.52 Å². The molecule has 0 aromatic heterocycles. The first-order valence-corrected chi connectivity index (χ1v) is 12.0. The number of nitrogens with zero attached hydrogens (tertiary/aromatic N) is 2. The second-order valence-electron chi connectivity index (χ2n) is 7.94. The van der Waals surface area contributed by atoms with Crippen LogP contribution < -0.4 is 5.73 Å². The van der Waals surface area contributed by atoms with E-state index < -0.39 is 50.3 Å². The number of hydrogen-bond acceptors (Lipinski definition) is 7. The third-order valence-electron chi connectivity index (χ3n) is 5.10. The Morgan fingerprint density at radius 1 is 1.08 bits per heavy atom. The molecular weight excluding hydrogens is 564 g/mol. The molecule has 0 saturated carbocycles. The standard InChI is InChI=1S/C13H18FN4O4P.C9H6F6O/c14-10-3-1-9(2-4-10)11-8-21-6-5-18(11)7-12(15)17-13(16)22-23(19)20;10-8(11,12)6-1-5(4-16)2-7(3-6)9(13,14)15/h1-4,11,19-20H,5-8H2,(H3,15,16,17);1-3,16H,4H2/t11-;/m1./s1. The van der Waals surface area contributed by atoms with E-state index >= 15 is 0 Å². The van der Waals surface area contributed by atoms with Gasteiger partial charge in [-0.2, -0.15) is 31.3 Å². The molecule has 1 aliphatic rings. The minimum absolute atomic E-state index is 0.0131. The highest BCUT2D eigenvalue weighted by Gasteiger charge is 2.36. The summed E-state index contributed by atoms with van der Waals surface area (Å²) in [6, 6.07) is 6.34. The summed E-state index contributed by atoms with van der Waals surface area (Å²) >= 11 is 0. The van der Waals surface area contributed by atoms with Crippen molar-refractivity contribution in [3.63, 3.8) is 0 Å². The van der Waals surface area contributed by atoms with E-state index in [4.69, 9.17) is 30.8 Å². The van der Waals surface area contributed by atoms with Crippen LogP contribution >= 0.6 is 8.60 Å². The van der Waals surface area contributed by atoms with Gasteiger partial charge in [0.15, 0.2) is 0 Å². The molecule has 0 aliphatic carbocycles. The first-order chi connectivity index (χ1) is 18.1. The largest absolute Gasteiger partial charge is 0.416 e. The summed E-state index contributed by atoms with van der Waals surface area (Å²) in [6.45, 7) is 0.918. The second-order valence-corrected chi connectivity index (χ2v) is 8.63. The summed E-state index contributed by atoms with van der Waals surface area (Å²) in [6.07, 6.45) is -9.74. The lowest BCUT2D eigenvalue weighted by molar-refractivity contribution is -0.143. The molecule has 1 fully saturated rings. The summed E-state index contributed by atoms with van der Waals surface area (Å²) in [4.78, 5) is 23.0. The number of nitrogens with two attached hydrogens (primary N) is 1. The fraction of sp³-hybridized carbons (Fsp3) is 0.364. The molecule has 3 rings (SSSR count). The van der Waals surface area contributed by atoms with Crippen molar-refractivity contribution in [3.8, 4) is 0 Å². The Morgan fingerprint density at radius 3 is 2.13 bits per heavy atom. The van der Waals surface area contributed by atoms with Crippen LogP contribution in [0.1, 0.15) is 28.3 Å². The molecule has 1 atom stereocenters. The lowest BCUT2D eigenvalue weighted by Gasteiger charge is -2.35. The first-order valence-electron chi connectivity index (χ1n) is 10.8. The number of aliphatic imine (C=N–C) groups is 1. The van der Waals surface area contributed by atoms with Gasteiger partial charge in [-0.05, 0) is 41.5 Å². The maximum absolute atomic E-state index is 13.0. The highest BCUT2D eigenvalue weighted by Crippen LogP contribution is 2.36. The van der Waals surface area contributed by atoms with Crippen molar-refractivity contribution in [3.05, 3.63) is 70.5 Å². The molecule has 1 saturated heterocycles. The maximum Gasteiger partial charge on any atom is 0.416 e. The number of alkyl halides is 6. The van der Waals surface area contributed by atoms with Gasteiger partial charge in [-0.3, -0.25) is 4.90 Å². The van der Waals surface area contributed by atoms with Crippen molar-refractivity contribution in [2.75, 3.05) is 26.3 Å². The van der Waals surface area contributed by atoms with Gasteiger partial charge >= 0.3 is 27.0 Å². The van der Waals surface area contributed by atoms with Gasteiger partial charge < -0.3 is 29.9 Å². The zero-order valence-electron chi connectivity index (χ0n) is 19.9. The SMILES string of the molecule is N=C(/N=C(\N)CN1CCOC[C@@H]1c1ccc(F)cc1)OP(O)O.OCc1cc(C(F)(F)F)cc(C(F)(F)F)c1. The van der Waals surface area contributed by atoms with Crippen molar-refractivity contribution in [1.29, 1.82) is 5.41 Å². The monoisotopic (exact) mass is 588 g/mol. The minimum Gasteiger partial charge on any atom is -0.392 e. The van der Waals surface area contributed by atoms with Gasteiger partial charge in [0.1, 0.15) is 11.7 Å². The predicted octanol–water partition coefficient (Wildman–Crippen LogP) is 3.94. The van der Waals surface area contributed by atoms with Gasteiger partial charge in [0.05, 0.1) is 43.5 Å². The number of rotatable bonds is 5. The van der Waals surface area contributed by atoms with Gasteiger partial charge in [0, 0.05) is 6.54 Å². The lowest BCUT2D eigenvalue weighted by Crippen LogP contribution is -2.44. The van der Waals surface area contributed by atoms with Crippen LogP contribution in [0.15, 0.2) is 47.5 Å². The van der Waals surface area contributed by atoms with E-state index in [9.17, 15) is 30.7 Å². The Kier molecular flexibility index (Phi) is 11.6. The van der Waals surface area contributed by atoms with Crippen LogP contribution in [0.3, 0.4) is 0 Å². The van der Waals surface area contributed by atoms with Gasteiger partial charge in [0.25, 0.3) is 0 Å². The van der Waals surface area contributed by atoms with Crippen molar-refractivity contribution >= 4 is 20.5 Å². The van der Waals surface area contributed by atoms with E-state index in [1.165, 1.54) is 12.1 Å². The fourth-order valence-corrected chi connectivity index (χ4v) is 3.60. The van der Waals surface area contributed by atoms with E-state index in [1.54, 1.807) is 12.1 Å². The molecule has 17 heteroatoms. The molecule has 216 valence electrons. The first kappa shape index (κ1) is 32.3. The smallest absolute Gasteiger partial charge is 0.392 e. The maximum atomic E-state index is 13.0. The number of ether oxygens (including phenoxy) is 1. The Bertz CT molecular complexity index is 1100. The number of halogens is 7. The zero-order chi connectivity index (χ0) is 29.4. The molecule has 2 aromatic rings. The Hall–Kier alpha value is -2.88. The van der Waals surface area contributed by atoms with Crippen molar-refractivity contribution in [2.24, 2.45) is 10.7 Å². The van der Waals surface area contributed by atoms with Crippen LogP contribution in [0.4, 0.5) is 30.7 Å². The Labute approximate surface area is 218 Å². The fourth-order valence-electron chi connectivity index (χ4n) is 3.40. The second kappa shape index (κ2) is 14.0. The molecule has 0 bridgehead atoms. The summed E-state index contributed by atoms with van der Waals surface area (Å²) in [5.41, 5.74) is 3.39. The van der Waals surface area contributed by atoms with Crippen LogP contribution in [0.25, 0.3) is 0 Å². The molecule has 6 N–H and O–H groups in total. The molecule has 1 heterocycles. The van der Waals surface area contributed by atoms with E-state index in [-0.39, 0.29) is 30.3 Å². The van der Waals surface area contributed by atoms with E-state index in [0.29, 0.717) is 31.9 Å². The van der Waals surface area contributed by atoms with Gasteiger partial charge in [0.2, 0.25) is 0 Å². The highest BCUT2D eigenvalue weighted by atomic mass is 31.2. The van der Waals surface area contributed by atoms with Crippen LogP contribution in [-0.2, 0) is 28.2 Å². The Morgan fingerprint density at radius 2 is 1.64 bits per heavy atom. The number of morpholine rings is 1. The molecule has 0 amide bonds. The zero-order valence-corrected chi connectivity index (χ0v) is 20.8. The number of aliphatic hydroxyl groups excluding tert-OH is 1. The highest BCUT2D eigenvalue weighted by molar-refractivity contribution is 7.40. The van der Waals surface area contributed by atoms with E-state index in [1.807, 2.05) is 4.90 Å². The van der Waals surface area contributed by atoms with Crippen molar-refractivity contribution in [1.82, 2.24) is 4.90 Å². The molecule has 39 heavy (non-hydrogen) atoms. The predicted molar refractivity (Wildman–Crippen MR) is 126 cm³/mol. The Balaban J connectivity index is 0.000000293. The van der Waals surface area contributed by atoms with Gasteiger partial charge in [-0.15, -0.1) is 0 Å². The third-order valence-corrected chi connectivity index (χ3v) is 5.44. The molecule has 0 unspecified atom stereocenters. The average molecular weight is 588 g/mol. The third kappa shape index (κ3) is 10.7. The summed E-state index contributed by atoms with van der Waals surface area (Å²) in [5, 5.41) is 15.9. The van der Waals surface area contributed by atoms with Crippen LogP contribution in [0.5, 0.6) is 0 Å². The minimum atomic E-state index is -4.87. The van der Waals surface area contributed by atoms with Gasteiger partial charge in [-0.25, -0.2) is 9.80 Å². The molecule has 1 aliphatic heterocycles. The summed E-state index contributed by atoms with van der Waals surface area (Å²) in [5.74, 6) is -0.214. The summed E-state index contributed by atoms with van der Waals surface area (Å²) < 4.78 is 96.2. The van der Waals surface area contributed by atoms with Crippen molar-refractivity contribution < 1.29 is 54.9 Å². The summed E-state index contributed by atoms with van der Waals surface area (Å²) in [7, 11) is -2.69. The number of hydrogen-bond donors (Lipinski definition) is 5. The van der Waals surface area contributed by atoms with E-state index in [0.717, 1.165) is 5.56 Å². The molecule has 0 radical (unpaired) electrons. The number of amidine groups is 2. The molecule has 9 nitrogen and oxygen atoms in total. The van der Waals surface area contributed by atoms with Gasteiger partial charge in [-0.1, -0.05) is 12.1 Å².